The van der Waals surface area contributed by atoms with Crippen LogP contribution in [0.4, 0.5) is 0 Å². The average Bonchev–Trinajstić information content (AvgIpc) is 1.92. The van der Waals surface area contributed by atoms with Crippen LogP contribution in [0.1, 0.15) is 41.5 Å². The van der Waals surface area contributed by atoms with Crippen LogP contribution in [0.2, 0.25) is 0 Å². The molecule has 0 saturated heterocycles. The molecule has 0 aromatic carbocycles. The molecule has 2 heteroatoms. The van der Waals surface area contributed by atoms with Crippen molar-refractivity contribution in [3.63, 3.8) is 0 Å². The summed E-state index contributed by atoms with van der Waals surface area (Å²) in [6.45, 7) is 14.0. The zero-order chi connectivity index (χ0) is 13.3. The fourth-order valence-corrected chi connectivity index (χ4v) is 3.06. The molecule has 0 heterocycles. The van der Waals surface area contributed by atoms with Gasteiger partial charge in [0.25, 0.3) is 0 Å². The van der Waals surface area contributed by atoms with Crippen molar-refractivity contribution in [1.82, 2.24) is 9.80 Å². The Morgan fingerprint density at radius 3 is 0.812 bits per heavy atom. The van der Waals surface area contributed by atoms with Gasteiger partial charge in [-0.1, -0.05) is 41.5 Å². The molecule has 2 unspecified atom stereocenters. The lowest BCUT2D eigenvalue weighted by atomic mass is 9.71. The summed E-state index contributed by atoms with van der Waals surface area (Å²) in [5.41, 5.74) is 0.567. The van der Waals surface area contributed by atoms with Gasteiger partial charge in [0.1, 0.15) is 0 Å². The summed E-state index contributed by atoms with van der Waals surface area (Å²) in [6.07, 6.45) is 0. The molecule has 0 bridgehead atoms. The highest BCUT2D eigenvalue weighted by atomic mass is 15.2. The lowest BCUT2D eigenvalue weighted by Gasteiger charge is -2.49. The molecular formula is C14H32N2. The van der Waals surface area contributed by atoms with Crippen LogP contribution in [-0.2, 0) is 0 Å². The van der Waals surface area contributed by atoms with Gasteiger partial charge in [0.15, 0.2) is 0 Å². The zero-order valence-corrected chi connectivity index (χ0v) is 13.0. The summed E-state index contributed by atoms with van der Waals surface area (Å²) in [5, 5.41) is 0. The van der Waals surface area contributed by atoms with Crippen molar-refractivity contribution < 1.29 is 0 Å². The second-order valence-electron chi connectivity index (χ2n) is 7.55. The minimum atomic E-state index is 0.283. The number of likely N-dealkylation sites (N-methyl/N-ethyl adjacent to an activating group) is 2. The monoisotopic (exact) mass is 228 g/mol. The van der Waals surface area contributed by atoms with E-state index in [1.165, 1.54) is 0 Å². The van der Waals surface area contributed by atoms with E-state index >= 15 is 0 Å². The second-order valence-corrected chi connectivity index (χ2v) is 7.55. The molecule has 0 amide bonds. The van der Waals surface area contributed by atoms with E-state index in [0.29, 0.717) is 12.1 Å². The smallest absolute Gasteiger partial charge is 0.0298 e. The van der Waals surface area contributed by atoms with Crippen LogP contribution in [0.3, 0.4) is 0 Å². The van der Waals surface area contributed by atoms with Crippen molar-refractivity contribution in [3.8, 4) is 0 Å². The SMILES string of the molecule is CN(C)C(C(N(C)C)C(C)(C)C)C(C)(C)C. The molecule has 0 spiro atoms. The minimum Gasteiger partial charge on any atom is -0.304 e. The standard InChI is InChI=1S/C14H32N2/c1-13(2,3)11(15(7)8)12(16(9)10)14(4,5)6/h11-12H,1-10H3. The zero-order valence-electron chi connectivity index (χ0n) is 13.0. The second kappa shape index (κ2) is 5.05. The Bertz CT molecular complexity index is 182. The Morgan fingerprint density at radius 2 is 0.750 bits per heavy atom. The Hall–Kier alpha value is -0.0800. The summed E-state index contributed by atoms with van der Waals surface area (Å²) in [6, 6.07) is 1.09. The molecule has 0 aromatic rings. The molecule has 98 valence electrons. The normalized spacial score (nSPS) is 18.0. The van der Waals surface area contributed by atoms with Crippen LogP contribution in [0.15, 0.2) is 0 Å². The topological polar surface area (TPSA) is 6.48 Å². The quantitative estimate of drug-likeness (QED) is 0.733. The first kappa shape index (κ1) is 15.9. The van der Waals surface area contributed by atoms with Crippen LogP contribution in [0.25, 0.3) is 0 Å². The number of hydrogen-bond acceptors (Lipinski definition) is 2. The van der Waals surface area contributed by atoms with Gasteiger partial charge in [-0.3, -0.25) is 0 Å². The van der Waals surface area contributed by atoms with Gasteiger partial charge in [0.05, 0.1) is 0 Å². The molecule has 16 heavy (non-hydrogen) atoms. The molecule has 0 rings (SSSR count). The molecule has 2 atom stereocenters. The van der Waals surface area contributed by atoms with Gasteiger partial charge in [-0.25, -0.2) is 0 Å². The minimum absolute atomic E-state index is 0.283. The van der Waals surface area contributed by atoms with Gasteiger partial charge in [0, 0.05) is 12.1 Å². The Labute approximate surface area is 103 Å². The lowest BCUT2D eigenvalue weighted by Crippen LogP contribution is -2.58. The van der Waals surface area contributed by atoms with E-state index in [9.17, 15) is 0 Å². The third-order valence-corrected chi connectivity index (χ3v) is 3.19. The van der Waals surface area contributed by atoms with Gasteiger partial charge in [-0.2, -0.15) is 0 Å². The van der Waals surface area contributed by atoms with E-state index in [-0.39, 0.29) is 10.8 Å². The highest BCUT2D eigenvalue weighted by Crippen LogP contribution is 2.35. The van der Waals surface area contributed by atoms with Gasteiger partial charge in [-0.15, -0.1) is 0 Å². The first-order chi connectivity index (χ1) is 6.89. The molecule has 0 aliphatic heterocycles. The van der Waals surface area contributed by atoms with Gasteiger partial charge in [0.2, 0.25) is 0 Å². The van der Waals surface area contributed by atoms with E-state index in [4.69, 9.17) is 0 Å². The molecule has 0 saturated carbocycles. The maximum atomic E-state index is 2.37. The fourth-order valence-electron chi connectivity index (χ4n) is 3.06. The molecule has 0 aliphatic rings. The van der Waals surface area contributed by atoms with E-state index in [0.717, 1.165) is 0 Å². The van der Waals surface area contributed by atoms with Crippen LogP contribution < -0.4 is 0 Å². The van der Waals surface area contributed by atoms with Crippen molar-refractivity contribution >= 4 is 0 Å². The van der Waals surface area contributed by atoms with Gasteiger partial charge < -0.3 is 9.80 Å². The largest absolute Gasteiger partial charge is 0.304 e. The Morgan fingerprint density at radius 1 is 0.562 bits per heavy atom. The average molecular weight is 228 g/mol. The predicted molar refractivity (Wildman–Crippen MR) is 73.9 cm³/mol. The van der Waals surface area contributed by atoms with E-state index in [2.05, 4.69) is 79.5 Å². The first-order valence-corrected chi connectivity index (χ1v) is 6.22. The van der Waals surface area contributed by atoms with Crippen molar-refractivity contribution in [1.29, 1.82) is 0 Å². The molecule has 2 nitrogen and oxygen atoms in total. The summed E-state index contributed by atoms with van der Waals surface area (Å²) in [5.74, 6) is 0. The van der Waals surface area contributed by atoms with Gasteiger partial charge >= 0.3 is 0 Å². The van der Waals surface area contributed by atoms with Crippen molar-refractivity contribution in [2.75, 3.05) is 28.2 Å². The van der Waals surface area contributed by atoms with Crippen LogP contribution in [0.5, 0.6) is 0 Å². The maximum absolute atomic E-state index is 2.37. The van der Waals surface area contributed by atoms with E-state index in [1.807, 2.05) is 0 Å². The molecule has 0 N–H and O–H groups in total. The lowest BCUT2D eigenvalue weighted by molar-refractivity contribution is 0.00872. The molecule has 0 aromatic heterocycles. The van der Waals surface area contributed by atoms with Crippen molar-refractivity contribution in [2.24, 2.45) is 10.8 Å². The van der Waals surface area contributed by atoms with Crippen LogP contribution in [-0.4, -0.2) is 50.1 Å². The fraction of sp³-hybridized carbons (Fsp3) is 1.00. The molecule has 0 aliphatic carbocycles. The summed E-state index contributed by atoms with van der Waals surface area (Å²) >= 11 is 0. The number of hydrogen-bond donors (Lipinski definition) is 0. The summed E-state index contributed by atoms with van der Waals surface area (Å²) < 4.78 is 0. The van der Waals surface area contributed by atoms with Gasteiger partial charge in [-0.05, 0) is 39.0 Å². The summed E-state index contributed by atoms with van der Waals surface area (Å²) in [4.78, 5) is 4.74. The third-order valence-electron chi connectivity index (χ3n) is 3.19. The molecule has 0 radical (unpaired) electrons. The van der Waals surface area contributed by atoms with E-state index < -0.39 is 0 Å². The van der Waals surface area contributed by atoms with E-state index in [1.54, 1.807) is 0 Å². The highest BCUT2D eigenvalue weighted by Gasteiger charge is 2.41. The van der Waals surface area contributed by atoms with Crippen LogP contribution >= 0.6 is 0 Å². The maximum Gasteiger partial charge on any atom is 0.0298 e. The molecule has 0 fully saturated rings. The van der Waals surface area contributed by atoms with Crippen molar-refractivity contribution in [3.05, 3.63) is 0 Å². The van der Waals surface area contributed by atoms with Crippen molar-refractivity contribution in [2.45, 2.75) is 53.6 Å². The number of rotatable bonds is 3. The molecular weight excluding hydrogens is 196 g/mol. The third kappa shape index (κ3) is 4.06. The highest BCUT2D eigenvalue weighted by molar-refractivity contribution is 4.96. The van der Waals surface area contributed by atoms with Crippen LogP contribution in [0, 0.1) is 10.8 Å². The number of nitrogens with zero attached hydrogens (tertiary/aromatic N) is 2. The summed E-state index contributed by atoms with van der Waals surface area (Å²) in [7, 11) is 8.77. The Kier molecular flexibility index (Phi) is 5.03. The first-order valence-electron chi connectivity index (χ1n) is 6.22. The Balaban J connectivity index is 5.30. The predicted octanol–water partition coefficient (Wildman–Crippen LogP) is 2.94.